The van der Waals surface area contributed by atoms with Gasteiger partial charge in [-0.3, -0.25) is 9.36 Å². The number of nitrogens with zero attached hydrogens (tertiary/aromatic N) is 4. The van der Waals surface area contributed by atoms with Crippen LogP contribution in [0.5, 0.6) is 5.75 Å². The highest BCUT2D eigenvalue weighted by Crippen LogP contribution is 2.37. The predicted molar refractivity (Wildman–Crippen MR) is 104 cm³/mol. The second-order valence-corrected chi connectivity index (χ2v) is 7.10. The van der Waals surface area contributed by atoms with E-state index in [1.54, 1.807) is 32.1 Å². The van der Waals surface area contributed by atoms with E-state index in [9.17, 15) is 30.3 Å². The van der Waals surface area contributed by atoms with Gasteiger partial charge in [-0.1, -0.05) is 0 Å². The van der Waals surface area contributed by atoms with Crippen LogP contribution in [0.3, 0.4) is 0 Å². The number of ether oxygens (including phenoxy) is 1. The maximum Gasteiger partial charge on any atom is 0.294 e. The Balaban J connectivity index is 2.21. The van der Waals surface area contributed by atoms with Crippen molar-refractivity contribution in [3.05, 3.63) is 89.4 Å². The lowest BCUT2D eigenvalue weighted by Gasteiger charge is -2.31. The van der Waals surface area contributed by atoms with Gasteiger partial charge in [0.15, 0.2) is 0 Å². The molecule has 160 valence electrons. The third-order valence-corrected chi connectivity index (χ3v) is 4.31. The van der Waals surface area contributed by atoms with Gasteiger partial charge in [0.1, 0.15) is 24.6 Å². The number of nitriles is 1. The summed E-state index contributed by atoms with van der Waals surface area (Å²) in [5.74, 6) is 0.420. The molecule has 0 atom stereocenters. The molecule has 1 aromatic heterocycles. The van der Waals surface area contributed by atoms with Crippen LogP contribution in [0.1, 0.15) is 36.1 Å². The summed E-state index contributed by atoms with van der Waals surface area (Å²) in [5, 5.41) is 28.4. The molecule has 0 amide bonds. The van der Waals surface area contributed by atoms with Gasteiger partial charge in [-0.05, 0) is 49.8 Å². The number of pyridine rings is 1. The van der Waals surface area contributed by atoms with Crippen LogP contribution in [0.25, 0.3) is 5.70 Å². The molecule has 12 nitrogen and oxygen atoms in total. The van der Waals surface area contributed by atoms with Crippen molar-refractivity contribution in [2.75, 3.05) is 0 Å². The molecule has 1 aliphatic heterocycles. The standard InChI is InChI=1S/C19H16N4O8/c1-19(2)7-16(15-6-12(8-20)3-4-17(15)31-19)21-9-13(10-29-22(25)26)5-14(18(21)24)11-30-23(27)28/h3-7,9H,10-11H2,1-2H3. The van der Waals surface area contributed by atoms with E-state index in [0.29, 0.717) is 22.6 Å². The Labute approximate surface area is 174 Å². The first-order valence-corrected chi connectivity index (χ1v) is 8.85. The van der Waals surface area contributed by atoms with Crippen molar-refractivity contribution < 1.29 is 24.6 Å². The maximum absolute atomic E-state index is 13.1. The van der Waals surface area contributed by atoms with Crippen LogP contribution in [0.15, 0.2) is 41.3 Å². The van der Waals surface area contributed by atoms with E-state index < -0.39 is 34.5 Å². The second kappa shape index (κ2) is 8.15. The molecule has 2 heterocycles. The van der Waals surface area contributed by atoms with Gasteiger partial charge >= 0.3 is 0 Å². The first kappa shape index (κ1) is 21.3. The Morgan fingerprint density at radius 2 is 1.84 bits per heavy atom. The van der Waals surface area contributed by atoms with E-state index in [0.717, 1.165) is 0 Å². The maximum atomic E-state index is 13.1. The van der Waals surface area contributed by atoms with E-state index >= 15 is 0 Å². The zero-order valence-corrected chi connectivity index (χ0v) is 16.4. The quantitative estimate of drug-likeness (QED) is 0.475. The molecule has 1 aromatic carbocycles. The molecule has 0 bridgehead atoms. The highest BCUT2D eigenvalue weighted by Gasteiger charge is 2.29. The van der Waals surface area contributed by atoms with Crippen molar-refractivity contribution in [3.8, 4) is 11.8 Å². The lowest BCUT2D eigenvalue weighted by Crippen LogP contribution is -2.33. The van der Waals surface area contributed by atoms with Gasteiger partial charge in [-0.25, -0.2) is 0 Å². The molecular formula is C19H16N4O8. The van der Waals surface area contributed by atoms with Gasteiger partial charge in [0, 0.05) is 17.3 Å². The molecule has 0 saturated heterocycles. The van der Waals surface area contributed by atoms with E-state index in [2.05, 4.69) is 9.68 Å². The number of aromatic nitrogens is 1. The van der Waals surface area contributed by atoms with Crippen LogP contribution >= 0.6 is 0 Å². The summed E-state index contributed by atoms with van der Waals surface area (Å²) in [6.45, 7) is 2.37. The molecule has 12 heteroatoms. The minimum Gasteiger partial charge on any atom is -0.483 e. The van der Waals surface area contributed by atoms with Crippen LogP contribution in [0.2, 0.25) is 0 Å². The molecule has 0 N–H and O–H groups in total. The minimum absolute atomic E-state index is 0.107. The molecule has 0 fully saturated rings. The molecule has 0 unspecified atom stereocenters. The SMILES string of the molecule is CC1(C)C=C(n2cc(CO[N+](=O)[O-])cc(CO[N+](=O)[O-])c2=O)c2cc(C#N)ccc2O1. The minimum atomic E-state index is -1.05. The Bertz CT molecular complexity index is 1190. The fraction of sp³-hybridized carbons (Fsp3) is 0.263. The fourth-order valence-corrected chi connectivity index (χ4v) is 3.12. The number of hydrogen-bond donors (Lipinski definition) is 0. The number of fused-ring (bicyclic) bond motifs is 1. The molecule has 31 heavy (non-hydrogen) atoms. The van der Waals surface area contributed by atoms with Crippen LogP contribution < -0.4 is 10.3 Å². The molecule has 0 radical (unpaired) electrons. The molecule has 2 aromatic rings. The Morgan fingerprint density at radius 3 is 2.48 bits per heavy atom. The van der Waals surface area contributed by atoms with Gasteiger partial charge in [0.25, 0.3) is 15.7 Å². The average molecular weight is 428 g/mol. The van der Waals surface area contributed by atoms with E-state index in [1.807, 2.05) is 6.07 Å². The second-order valence-electron chi connectivity index (χ2n) is 7.10. The van der Waals surface area contributed by atoms with Crippen molar-refractivity contribution >= 4 is 5.70 Å². The third kappa shape index (κ3) is 4.78. The summed E-state index contributed by atoms with van der Waals surface area (Å²) in [4.78, 5) is 43.0. The zero-order chi connectivity index (χ0) is 22.8. The summed E-state index contributed by atoms with van der Waals surface area (Å²) in [6, 6.07) is 7.96. The summed E-state index contributed by atoms with van der Waals surface area (Å²) in [5.41, 5.74) is -0.256. The first-order chi connectivity index (χ1) is 14.6. The Kier molecular flexibility index (Phi) is 5.60. The van der Waals surface area contributed by atoms with E-state index in [-0.39, 0.29) is 11.1 Å². The van der Waals surface area contributed by atoms with Gasteiger partial charge in [0.2, 0.25) is 0 Å². The van der Waals surface area contributed by atoms with Crippen LogP contribution in [0, 0.1) is 31.6 Å². The molecule has 1 aliphatic rings. The van der Waals surface area contributed by atoms with Crippen LogP contribution in [-0.4, -0.2) is 20.3 Å². The molecule has 0 saturated carbocycles. The fourth-order valence-electron chi connectivity index (χ4n) is 3.12. The lowest BCUT2D eigenvalue weighted by atomic mass is 9.97. The number of hydrogen-bond acceptors (Lipinski definition) is 9. The van der Waals surface area contributed by atoms with Crippen molar-refractivity contribution in [1.29, 1.82) is 5.26 Å². The first-order valence-electron chi connectivity index (χ1n) is 8.85. The molecule has 0 aliphatic carbocycles. The van der Waals surface area contributed by atoms with Crippen molar-refractivity contribution in [1.82, 2.24) is 4.57 Å². The summed E-state index contributed by atoms with van der Waals surface area (Å²) >= 11 is 0. The average Bonchev–Trinajstić information content (AvgIpc) is 2.70. The van der Waals surface area contributed by atoms with Gasteiger partial charge in [0.05, 0.1) is 17.3 Å². The molecular weight excluding hydrogens is 412 g/mol. The number of benzene rings is 1. The van der Waals surface area contributed by atoms with Crippen LogP contribution in [0.4, 0.5) is 0 Å². The van der Waals surface area contributed by atoms with Gasteiger partial charge in [-0.15, -0.1) is 20.2 Å². The monoisotopic (exact) mass is 428 g/mol. The summed E-state index contributed by atoms with van der Waals surface area (Å²) in [6.07, 6.45) is 2.98. The largest absolute Gasteiger partial charge is 0.483 e. The third-order valence-electron chi connectivity index (χ3n) is 4.31. The molecule has 0 spiro atoms. The summed E-state index contributed by atoms with van der Waals surface area (Å²) < 4.78 is 7.08. The normalized spacial score (nSPS) is 13.8. The van der Waals surface area contributed by atoms with Crippen molar-refractivity contribution in [2.45, 2.75) is 32.7 Å². The van der Waals surface area contributed by atoms with E-state index in [1.165, 1.54) is 22.9 Å². The highest BCUT2D eigenvalue weighted by molar-refractivity contribution is 5.74. The van der Waals surface area contributed by atoms with Gasteiger partial charge < -0.3 is 14.4 Å². The van der Waals surface area contributed by atoms with E-state index in [4.69, 9.17) is 4.74 Å². The number of rotatable bonds is 7. The Hall–Kier alpha value is -4.40. The van der Waals surface area contributed by atoms with Gasteiger partial charge in [-0.2, -0.15) is 5.26 Å². The zero-order valence-electron chi connectivity index (χ0n) is 16.4. The topological polar surface area (TPSA) is 160 Å². The molecule has 3 rings (SSSR count). The lowest BCUT2D eigenvalue weighted by molar-refractivity contribution is -0.763. The van der Waals surface area contributed by atoms with Crippen molar-refractivity contribution in [3.63, 3.8) is 0 Å². The predicted octanol–water partition coefficient (Wildman–Crippen LogP) is 2.20. The highest BCUT2D eigenvalue weighted by atomic mass is 17.0. The smallest absolute Gasteiger partial charge is 0.294 e. The Morgan fingerprint density at radius 1 is 1.16 bits per heavy atom. The van der Waals surface area contributed by atoms with Crippen molar-refractivity contribution in [2.24, 2.45) is 0 Å². The van der Waals surface area contributed by atoms with Crippen LogP contribution in [-0.2, 0) is 22.9 Å². The summed E-state index contributed by atoms with van der Waals surface area (Å²) in [7, 11) is 0.